The Hall–Kier alpha value is -2.93. The number of methoxy groups -OCH3 is 1. The van der Waals surface area contributed by atoms with E-state index in [1.165, 1.54) is 24.4 Å². The van der Waals surface area contributed by atoms with Gasteiger partial charge in [-0.3, -0.25) is 4.79 Å². The first-order chi connectivity index (χ1) is 11.2. The van der Waals surface area contributed by atoms with E-state index in [0.29, 0.717) is 27.8 Å². The van der Waals surface area contributed by atoms with Gasteiger partial charge in [-0.05, 0) is 30.3 Å². The third kappa shape index (κ3) is 3.14. The van der Waals surface area contributed by atoms with Crippen LogP contribution in [0.25, 0.3) is 5.82 Å². The van der Waals surface area contributed by atoms with E-state index >= 15 is 0 Å². The lowest BCUT2D eigenvalue weighted by molar-refractivity contribution is 0.102. The number of hydrogen-bond donors (Lipinski definition) is 1. The highest BCUT2D eigenvalue weighted by Crippen LogP contribution is 2.28. The summed E-state index contributed by atoms with van der Waals surface area (Å²) >= 11 is 5.97. The topological polar surface area (TPSA) is 81.9 Å². The van der Waals surface area contributed by atoms with Gasteiger partial charge in [0.2, 0.25) is 0 Å². The third-order valence-electron chi connectivity index (χ3n) is 3.08. The number of anilines is 1. The highest BCUT2D eigenvalue weighted by Gasteiger charge is 2.16. The SMILES string of the molecule is COc1ccc(Cl)cc1NC(=O)c1cccnc1-n1cncn1. The molecule has 0 atom stereocenters. The van der Waals surface area contributed by atoms with Crippen LogP contribution in [-0.4, -0.2) is 32.8 Å². The molecule has 0 spiro atoms. The molecule has 0 radical (unpaired) electrons. The summed E-state index contributed by atoms with van der Waals surface area (Å²) in [6.07, 6.45) is 4.42. The zero-order valence-electron chi connectivity index (χ0n) is 12.1. The van der Waals surface area contributed by atoms with Crippen molar-refractivity contribution in [1.82, 2.24) is 19.7 Å². The number of rotatable bonds is 4. The van der Waals surface area contributed by atoms with E-state index in [0.717, 1.165) is 0 Å². The van der Waals surface area contributed by atoms with Crippen LogP contribution in [0.1, 0.15) is 10.4 Å². The van der Waals surface area contributed by atoms with Crippen molar-refractivity contribution in [2.24, 2.45) is 0 Å². The molecule has 8 heteroatoms. The second-order valence-corrected chi connectivity index (χ2v) is 4.95. The van der Waals surface area contributed by atoms with Crippen LogP contribution in [0, 0.1) is 0 Å². The van der Waals surface area contributed by atoms with Crippen molar-refractivity contribution in [3.63, 3.8) is 0 Å². The Kier molecular flexibility index (Phi) is 4.20. The molecular formula is C15H12ClN5O2. The second-order valence-electron chi connectivity index (χ2n) is 4.51. The van der Waals surface area contributed by atoms with Gasteiger partial charge in [-0.2, -0.15) is 5.10 Å². The summed E-state index contributed by atoms with van der Waals surface area (Å²) in [4.78, 5) is 20.6. The van der Waals surface area contributed by atoms with E-state index in [1.807, 2.05) is 0 Å². The van der Waals surface area contributed by atoms with Gasteiger partial charge in [-0.25, -0.2) is 14.6 Å². The predicted octanol–water partition coefficient (Wildman–Crippen LogP) is 2.58. The standard InChI is InChI=1S/C15H12ClN5O2/c1-23-13-5-4-10(16)7-12(13)20-15(22)11-3-2-6-18-14(11)21-9-17-8-19-21/h2-9H,1H3,(H,20,22). The number of carbonyl (C=O) groups is 1. The first-order valence-electron chi connectivity index (χ1n) is 6.64. The molecule has 1 aromatic carbocycles. The van der Waals surface area contributed by atoms with E-state index in [2.05, 4.69) is 20.4 Å². The lowest BCUT2D eigenvalue weighted by atomic mass is 10.2. The fourth-order valence-electron chi connectivity index (χ4n) is 2.04. The number of nitrogens with one attached hydrogen (secondary N) is 1. The Labute approximate surface area is 136 Å². The first-order valence-corrected chi connectivity index (χ1v) is 7.02. The number of hydrogen-bond acceptors (Lipinski definition) is 5. The number of halogens is 1. The van der Waals surface area contributed by atoms with Crippen molar-refractivity contribution in [2.75, 3.05) is 12.4 Å². The van der Waals surface area contributed by atoms with Gasteiger partial charge in [-0.1, -0.05) is 11.6 Å². The summed E-state index contributed by atoms with van der Waals surface area (Å²) in [5.74, 6) is 0.529. The molecule has 2 aromatic heterocycles. The Morgan fingerprint density at radius 2 is 2.22 bits per heavy atom. The number of aromatic nitrogens is 4. The fourth-order valence-corrected chi connectivity index (χ4v) is 2.21. The van der Waals surface area contributed by atoms with Crippen LogP contribution >= 0.6 is 11.6 Å². The van der Waals surface area contributed by atoms with Crippen molar-refractivity contribution in [3.8, 4) is 11.6 Å². The van der Waals surface area contributed by atoms with Crippen LogP contribution in [0.3, 0.4) is 0 Å². The van der Waals surface area contributed by atoms with Crippen LogP contribution < -0.4 is 10.1 Å². The van der Waals surface area contributed by atoms with Crippen molar-refractivity contribution in [1.29, 1.82) is 0 Å². The third-order valence-corrected chi connectivity index (χ3v) is 3.31. The molecule has 7 nitrogen and oxygen atoms in total. The van der Waals surface area contributed by atoms with Gasteiger partial charge >= 0.3 is 0 Å². The number of pyridine rings is 1. The summed E-state index contributed by atoms with van der Waals surface area (Å²) in [5.41, 5.74) is 0.818. The van der Waals surface area contributed by atoms with Gasteiger partial charge in [0.05, 0.1) is 18.4 Å². The van der Waals surface area contributed by atoms with Gasteiger partial charge < -0.3 is 10.1 Å². The van der Waals surface area contributed by atoms with Gasteiger partial charge in [0.1, 0.15) is 18.4 Å². The smallest absolute Gasteiger partial charge is 0.259 e. The van der Waals surface area contributed by atoms with E-state index in [9.17, 15) is 4.79 Å². The molecule has 1 N–H and O–H groups in total. The van der Waals surface area contributed by atoms with Gasteiger partial charge in [0.25, 0.3) is 5.91 Å². The largest absolute Gasteiger partial charge is 0.495 e. The molecule has 0 saturated carbocycles. The lowest BCUT2D eigenvalue weighted by Crippen LogP contribution is -2.16. The Morgan fingerprint density at radius 1 is 1.35 bits per heavy atom. The van der Waals surface area contributed by atoms with E-state index in [4.69, 9.17) is 16.3 Å². The fraction of sp³-hybridized carbons (Fsp3) is 0.0667. The van der Waals surface area contributed by atoms with E-state index in [-0.39, 0.29) is 5.91 Å². The van der Waals surface area contributed by atoms with Crippen molar-refractivity contribution >= 4 is 23.2 Å². The molecule has 3 aromatic rings. The molecule has 3 rings (SSSR count). The Bertz CT molecular complexity index is 836. The zero-order chi connectivity index (χ0) is 16.2. The minimum atomic E-state index is -0.357. The normalized spacial score (nSPS) is 10.3. The number of amides is 1. The molecule has 0 unspecified atom stereocenters. The maximum atomic E-state index is 12.6. The monoisotopic (exact) mass is 329 g/mol. The van der Waals surface area contributed by atoms with Crippen LogP contribution in [-0.2, 0) is 0 Å². The van der Waals surface area contributed by atoms with Gasteiger partial charge in [0, 0.05) is 11.2 Å². The molecule has 0 bridgehead atoms. The van der Waals surface area contributed by atoms with Gasteiger partial charge in [-0.15, -0.1) is 0 Å². The van der Waals surface area contributed by atoms with Crippen LogP contribution in [0.15, 0.2) is 49.2 Å². The van der Waals surface area contributed by atoms with Crippen LogP contribution in [0.5, 0.6) is 5.75 Å². The zero-order valence-corrected chi connectivity index (χ0v) is 12.9. The minimum Gasteiger partial charge on any atom is -0.495 e. The summed E-state index contributed by atoms with van der Waals surface area (Å²) in [7, 11) is 1.52. The molecular weight excluding hydrogens is 318 g/mol. The number of benzene rings is 1. The average molecular weight is 330 g/mol. The summed E-state index contributed by atoms with van der Waals surface area (Å²) in [6.45, 7) is 0. The molecule has 1 amide bonds. The van der Waals surface area contributed by atoms with Gasteiger partial charge in [0.15, 0.2) is 5.82 Å². The molecule has 0 aliphatic carbocycles. The summed E-state index contributed by atoms with van der Waals surface area (Å²) < 4.78 is 6.64. The minimum absolute atomic E-state index is 0.347. The van der Waals surface area contributed by atoms with Crippen LogP contribution in [0.2, 0.25) is 5.02 Å². The van der Waals surface area contributed by atoms with E-state index in [1.54, 1.807) is 36.5 Å². The Balaban J connectivity index is 1.95. The highest BCUT2D eigenvalue weighted by atomic mass is 35.5. The predicted molar refractivity (Wildman–Crippen MR) is 85.1 cm³/mol. The Morgan fingerprint density at radius 3 is 2.96 bits per heavy atom. The van der Waals surface area contributed by atoms with Crippen molar-refractivity contribution in [3.05, 3.63) is 59.8 Å². The van der Waals surface area contributed by atoms with Crippen LogP contribution in [0.4, 0.5) is 5.69 Å². The van der Waals surface area contributed by atoms with Crippen molar-refractivity contribution in [2.45, 2.75) is 0 Å². The molecule has 0 aliphatic rings. The maximum absolute atomic E-state index is 12.6. The summed E-state index contributed by atoms with van der Waals surface area (Å²) in [6, 6.07) is 8.30. The first kappa shape index (κ1) is 15.0. The summed E-state index contributed by atoms with van der Waals surface area (Å²) in [5, 5.41) is 7.26. The second kappa shape index (κ2) is 6.45. The number of nitrogens with zero attached hydrogens (tertiary/aromatic N) is 4. The molecule has 0 aliphatic heterocycles. The highest BCUT2D eigenvalue weighted by molar-refractivity contribution is 6.31. The molecule has 23 heavy (non-hydrogen) atoms. The quantitative estimate of drug-likeness (QED) is 0.795. The molecule has 2 heterocycles. The van der Waals surface area contributed by atoms with Crippen molar-refractivity contribution < 1.29 is 9.53 Å². The maximum Gasteiger partial charge on any atom is 0.259 e. The molecule has 0 saturated heterocycles. The number of carbonyl (C=O) groups excluding carboxylic acids is 1. The van der Waals surface area contributed by atoms with E-state index < -0.39 is 0 Å². The lowest BCUT2D eigenvalue weighted by Gasteiger charge is -2.12. The molecule has 116 valence electrons. The molecule has 0 fully saturated rings. The number of ether oxygens (including phenoxy) is 1. The average Bonchev–Trinajstić information content (AvgIpc) is 3.09.